The minimum Gasteiger partial charge on any atom is -0.320 e. The lowest BCUT2D eigenvalue weighted by Crippen LogP contribution is -2.35. The summed E-state index contributed by atoms with van der Waals surface area (Å²) in [5, 5.41) is 0. The maximum atomic E-state index is 13.6. The van der Waals surface area contributed by atoms with Gasteiger partial charge < -0.3 is 4.57 Å². The fourth-order valence-corrected chi connectivity index (χ4v) is 2.91. The number of hydrogen-bond donors (Lipinski definition) is 0. The summed E-state index contributed by atoms with van der Waals surface area (Å²) in [6.45, 7) is 0. The van der Waals surface area contributed by atoms with Crippen molar-refractivity contribution in [2.24, 2.45) is 0 Å². The average Bonchev–Trinajstić information content (AvgIpc) is 2.91. The van der Waals surface area contributed by atoms with Crippen LogP contribution in [0.15, 0.2) is 24.4 Å². The molecule has 1 aliphatic rings. The molecule has 0 spiro atoms. The van der Waals surface area contributed by atoms with E-state index in [0.29, 0.717) is 18.3 Å². The first-order valence-corrected chi connectivity index (χ1v) is 7.25. The van der Waals surface area contributed by atoms with E-state index in [0.717, 1.165) is 10.6 Å². The number of aromatic nitrogens is 1. The zero-order chi connectivity index (χ0) is 19.4. The molecule has 1 heterocycles. The van der Waals surface area contributed by atoms with E-state index in [1.807, 2.05) is 0 Å². The van der Waals surface area contributed by atoms with Crippen molar-refractivity contribution >= 4 is 5.78 Å². The van der Waals surface area contributed by atoms with Crippen LogP contribution in [0.3, 0.4) is 0 Å². The van der Waals surface area contributed by atoms with Gasteiger partial charge in [0.2, 0.25) is 5.78 Å². The highest BCUT2D eigenvalue weighted by Gasteiger charge is 2.50. The predicted octanol–water partition coefficient (Wildman–Crippen LogP) is 5.34. The second-order valence-corrected chi connectivity index (χ2v) is 5.77. The van der Waals surface area contributed by atoms with Crippen molar-refractivity contribution in [3.8, 4) is 5.69 Å². The van der Waals surface area contributed by atoms with Crippen LogP contribution in [0.2, 0.25) is 0 Å². The molecule has 0 saturated carbocycles. The Labute approximate surface area is 141 Å². The second kappa shape index (κ2) is 5.82. The van der Waals surface area contributed by atoms with Crippen molar-refractivity contribution in [2.45, 2.75) is 31.4 Å². The molecule has 1 aromatic carbocycles. The highest BCUT2D eigenvalue weighted by Crippen LogP contribution is 2.42. The third-order valence-electron chi connectivity index (χ3n) is 4.14. The number of alkyl halides is 7. The fraction of sp³-hybridized carbons (Fsp3) is 0.312. The van der Waals surface area contributed by atoms with Gasteiger partial charge in [0.05, 0.1) is 16.7 Å². The first kappa shape index (κ1) is 18.4. The number of carbonyl (C=O) groups excluding carboxylic acids is 1. The summed E-state index contributed by atoms with van der Waals surface area (Å²) < 4.78 is 107. The van der Waals surface area contributed by atoms with Gasteiger partial charge in [0.1, 0.15) is 5.82 Å². The van der Waals surface area contributed by atoms with Gasteiger partial charge in [-0.3, -0.25) is 4.79 Å². The van der Waals surface area contributed by atoms with E-state index in [1.165, 1.54) is 0 Å². The minimum atomic E-state index is -5.11. The van der Waals surface area contributed by atoms with Crippen molar-refractivity contribution in [2.75, 3.05) is 0 Å². The van der Waals surface area contributed by atoms with Gasteiger partial charge in [-0.1, -0.05) is 0 Å². The Hall–Kier alpha value is -2.39. The van der Waals surface area contributed by atoms with Crippen LogP contribution in [0.5, 0.6) is 0 Å². The fourth-order valence-electron chi connectivity index (χ4n) is 2.91. The Morgan fingerprint density at radius 1 is 1.15 bits per heavy atom. The van der Waals surface area contributed by atoms with E-state index in [1.54, 1.807) is 0 Å². The molecule has 26 heavy (non-hydrogen) atoms. The normalized spacial score (nSPS) is 16.9. The summed E-state index contributed by atoms with van der Waals surface area (Å²) in [5.74, 6) is -7.18. The van der Waals surface area contributed by atoms with E-state index < -0.39 is 59.7 Å². The Morgan fingerprint density at radius 2 is 1.81 bits per heavy atom. The first-order chi connectivity index (χ1) is 11.9. The maximum absolute atomic E-state index is 13.6. The monoisotopic (exact) mass is 383 g/mol. The number of rotatable bonds is 2. The lowest BCUT2D eigenvalue weighted by atomic mass is 9.90. The van der Waals surface area contributed by atoms with Crippen LogP contribution in [0.25, 0.3) is 5.69 Å². The summed E-state index contributed by atoms with van der Waals surface area (Å²) in [7, 11) is 0. The Balaban J connectivity index is 2.26. The molecule has 0 aliphatic heterocycles. The van der Waals surface area contributed by atoms with E-state index in [9.17, 15) is 39.9 Å². The highest BCUT2D eigenvalue weighted by atomic mass is 19.4. The van der Waals surface area contributed by atoms with Crippen molar-refractivity contribution in [1.82, 2.24) is 4.57 Å². The highest BCUT2D eigenvalue weighted by molar-refractivity contribution is 6.05. The zero-order valence-corrected chi connectivity index (χ0v) is 12.7. The molecule has 0 amide bonds. The summed E-state index contributed by atoms with van der Waals surface area (Å²) in [6, 6.07) is 2.19. The van der Waals surface area contributed by atoms with Gasteiger partial charge in [0, 0.05) is 24.0 Å². The molecule has 0 fully saturated rings. The molecule has 2 aromatic rings. The molecule has 0 atom stereocenters. The van der Waals surface area contributed by atoms with Gasteiger partial charge in [-0.05, 0) is 24.6 Å². The number of fused-ring (bicyclic) bond motifs is 1. The number of hydrogen-bond acceptors (Lipinski definition) is 1. The summed E-state index contributed by atoms with van der Waals surface area (Å²) in [6.07, 6.45) is -9.53. The third-order valence-corrected chi connectivity index (χ3v) is 4.14. The smallest absolute Gasteiger partial charge is 0.320 e. The Kier molecular flexibility index (Phi) is 4.12. The quantitative estimate of drug-likeness (QED) is 0.642. The molecular formula is C16H9F8NO. The van der Waals surface area contributed by atoms with Crippen LogP contribution in [0.4, 0.5) is 35.1 Å². The number of Topliss-reactive ketones (excluding diaryl/α,β-unsaturated/α-hetero) is 1. The summed E-state index contributed by atoms with van der Waals surface area (Å²) in [4.78, 5) is 11.8. The lowest BCUT2D eigenvalue weighted by molar-refractivity contribution is -0.138. The molecule has 0 bridgehead atoms. The largest absolute Gasteiger partial charge is 0.418 e. The van der Waals surface area contributed by atoms with E-state index in [-0.39, 0.29) is 11.4 Å². The van der Waals surface area contributed by atoms with Crippen LogP contribution in [0.1, 0.15) is 40.0 Å². The third kappa shape index (κ3) is 2.86. The molecule has 0 saturated heterocycles. The molecule has 0 unspecified atom stereocenters. The Morgan fingerprint density at radius 3 is 2.38 bits per heavy atom. The van der Waals surface area contributed by atoms with Crippen LogP contribution in [0, 0.1) is 5.82 Å². The molecule has 0 radical (unpaired) electrons. The molecule has 1 aromatic heterocycles. The van der Waals surface area contributed by atoms with Crippen molar-refractivity contribution in [3.05, 3.63) is 52.6 Å². The molecule has 2 nitrogen and oxygen atoms in total. The molecule has 1 aliphatic carbocycles. The molecule has 140 valence electrons. The Bertz CT molecular complexity index is 881. The van der Waals surface area contributed by atoms with Crippen molar-refractivity contribution in [1.29, 1.82) is 0 Å². The second-order valence-electron chi connectivity index (χ2n) is 5.77. The van der Waals surface area contributed by atoms with Crippen LogP contribution in [-0.4, -0.2) is 16.3 Å². The van der Waals surface area contributed by atoms with Gasteiger partial charge in [0.15, 0.2) is 0 Å². The number of carbonyl (C=O) groups is 1. The first-order valence-electron chi connectivity index (χ1n) is 7.25. The molecular weight excluding hydrogens is 374 g/mol. The van der Waals surface area contributed by atoms with Crippen LogP contribution in [-0.2, 0) is 12.6 Å². The minimum absolute atomic E-state index is 0.286. The molecule has 0 N–H and O–H groups in total. The number of benzene rings is 1. The predicted molar refractivity (Wildman–Crippen MR) is 73.3 cm³/mol. The number of ketones is 1. The van der Waals surface area contributed by atoms with Gasteiger partial charge in [-0.2, -0.15) is 22.0 Å². The van der Waals surface area contributed by atoms with Crippen molar-refractivity contribution in [3.63, 3.8) is 0 Å². The summed E-state index contributed by atoms with van der Waals surface area (Å²) in [5.41, 5.74) is -4.48. The number of nitrogens with zero attached hydrogens (tertiary/aromatic N) is 1. The average molecular weight is 383 g/mol. The molecule has 10 heteroatoms. The topological polar surface area (TPSA) is 22.0 Å². The zero-order valence-electron chi connectivity index (χ0n) is 12.7. The van der Waals surface area contributed by atoms with E-state index in [4.69, 9.17) is 0 Å². The maximum Gasteiger partial charge on any atom is 0.418 e. The number of halogens is 8. The standard InChI is InChI=1S/C16H9F8NO/c17-10-2-1-7(5-8(10)14(18)19)25-6-9(16(22,23)24)12-11(25)3-4-15(20,21)13(12)26/h1-2,5-6,14H,3-4H2. The van der Waals surface area contributed by atoms with Crippen molar-refractivity contribution < 1.29 is 39.9 Å². The van der Waals surface area contributed by atoms with E-state index in [2.05, 4.69) is 0 Å². The molecule has 3 rings (SSSR count). The van der Waals surface area contributed by atoms with Gasteiger partial charge in [-0.15, -0.1) is 0 Å². The van der Waals surface area contributed by atoms with Gasteiger partial charge >= 0.3 is 12.1 Å². The van der Waals surface area contributed by atoms with Gasteiger partial charge in [-0.25, -0.2) is 13.2 Å². The van der Waals surface area contributed by atoms with Gasteiger partial charge in [0.25, 0.3) is 6.43 Å². The SMILES string of the molecule is O=C1c2c(C(F)(F)F)cn(-c3ccc(F)c(C(F)F)c3)c2CCC1(F)F. The lowest BCUT2D eigenvalue weighted by Gasteiger charge is -2.23. The van der Waals surface area contributed by atoms with E-state index >= 15 is 0 Å². The van der Waals surface area contributed by atoms with Crippen LogP contribution >= 0.6 is 0 Å². The van der Waals surface area contributed by atoms with Crippen LogP contribution < -0.4 is 0 Å². The summed E-state index contributed by atoms with van der Waals surface area (Å²) >= 11 is 0.